The van der Waals surface area contributed by atoms with Crippen LogP contribution in [0.3, 0.4) is 0 Å². The van der Waals surface area contributed by atoms with Gasteiger partial charge in [0.25, 0.3) is 0 Å². The highest BCUT2D eigenvalue weighted by atomic mass is 35.5. The molecule has 0 bridgehead atoms. The van der Waals surface area contributed by atoms with Gasteiger partial charge < -0.3 is 15.5 Å². The summed E-state index contributed by atoms with van der Waals surface area (Å²) in [5, 5.41) is 15.9. The summed E-state index contributed by atoms with van der Waals surface area (Å²) in [4.78, 5) is 7.89. The number of halogens is 1. The van der Waals surface area contributed by atoms with Crippen LogP contribution in [-0.2, 0) is 6.61 Å². The molecule has 0 atom stereocenters. The number of hydrogen-bond acceptors (Lipinski definition) is 5. The molecule has 5 rings (SSSR count). The van der Waals surface area contributed by atoms with E-state index in [1.54, 1.807) is 10.7 Å². The van der Waals surface area contributed by atoms with Crippen LogP contribution < -0.4 is 10.5 Å². The van der Waals surface area contributed by atoms with Crippen LogP contribution in [0.1, 0.15) is 11.3 Å². The van der Waals surface area contributed by atoms with Gasteiger partial charge in [-0.05, 0) is 54.6 Å². The summed E-state index contributed by atoms with van der Waals surface area (Å²) >= 11 is 0. The van der Waals surface area contributed by atoms with Gasteiger partial charge in [0.15, 0.2) is 0 Å². The van der Waals surface area contributed by atoms with E-state index in [1.165, 1.54) is 0 Å². The van der Waals surface area contributed by atoms with E-state index in [0.29, 0.717) is 12.2 Å². The molecule has 8 nitrogen and oxygen atoms in total. The van der Waals surface area contributed by atoms with Crippen LogP contribution in [0.15, 0.2) is 79.0 Å². The lowest BCUT2D eigenvalue weighted by atomic mass is 10.2. The molecule has 0 amide bonds. The summed E-state index contributed by atoms with van der Waals surface area (Å²) in [5.74, 6) is 1.50. The number of fused-ring (bicyclic) bond motifs is 1. The fraction of sp³-hybridized carbons (Fsp3) is 0.0435. The molecule has 0 saturated carbocycles. The minimum absolute atomic E-state index is 0. The molecule has 0 radical (unpaired) electrons. The van der Waals surface area contributed by atoms with Crippen molar-refractivity contribution in [2.75, 3.05) is 0 Å². The molecule has 32 heavy (non-hydrogen) atoms. The first-order chi connectivity index (χ1) is 15.2. The number of aromatic amines is 1. The number of rotatable bonds is 6. The first kappa shape index (κ1) is 21.1. The number of H-pyrrole nitrogens is 1. The monoisotopic (exact) mass is 445 g/mol. The summed E-state index contributed by atoms with van der Waals surface area (Å²) in [6, 6.07) is 23.0. The maximum atomic E-state index is 7.57. The van der Waals surface area contributed by atoms with Gasteiger partial charge in [-0.2, -0.15) is 0 Å². The summed E-state index contributed by atoms with van der Waals surface area (Å²) in [7, 11) is 0. The number of ether oxygens (including phenoxy) is 1. The summed E-state index contributed by atoms with van der Waals surface area (Å²) in [6.07, 6.45) is 1.85. The third-order valence-corrected chi connectivity index (χ3v) is 4.87. The molecule has 5 aromatic rings. The molecule has 0 saturated heterocycles. The number of nitrogens with one attached hydrogen (secondary N) is 2. The second kappa shape index (κ2) is 8.91. The molecular formula is C23H20ClN7O. The van der Waals surface area contributed by atoms with Gasteiger partial charge >= 0.3 is 0 Å². The Morgan fingerprint density at radius 2 is 1.81 bits per heavy atom. The predicted octanol–water partition coefficient (Wildman–Crippen LogP) is 4.10. The van der Waals surface area contributed by atoms with Crippen molar-refractivity contribution in [3.8, 4) is 22.8 Å². The van der Waals surface area contributed by atoms with Gasteiger partial charge in [0.2, 0.25) is 0 Å². The van der Waals surface area contributed by atoms with Gasteiger partial charge in [0.1, 0.15) is 29.7 Å². The summed E-state index contributed by atoms with van der Waals surface area (Å²) in [6.45, 7) is 0.324. The number of nitrogens with two attached hydrogens (primary N) is 1. The maximum absolute atomic E-state index is 7.57. The standard InChI is InChI=1S/C23H19N7O.ClH/c24-22(25)16-8-11-20-21(12-16)27-23(26-20)15-6-9-19(10-7-15)31-14-17-13-30(29-28-17)18-4-2-1-3-5-18;/h1-13H,14H2,(H3,24,25)(H,26,27);1H. The van der Waals surface area contributed by atoms with Crippen LogP contribution in [0.2, 0.25) is 0 Å². The van der Waals surface area contributed by atoms with Gasteiger partial charge in [0.05, 0.1) is 22.9 Å². The molecule has 3 aromatic carbocycles. The summed E-state index contributed by atoms with van der Waals surface area (Å²) in [5.41, 5.74) is 10.5. The van der Waals surface area contributed by atoms with E-state index in [2.05, 4.69) is 20.3 Å². The van der Waals surface area contributed by atoms with E-state index in [4.69, 9.17) is 15.9 Å². The largest absolute Gasteiger partial charge is 0.487 e. The normalized spacial score (nSPS) is 10.6. The van der Waals surface area contributed by atoms with Crippen LogP contribution in [0.4, 0.5) is 0 Å². The van der Waals surface area contributed by atoms with E-state index in [0.717, 1.165) is 39.6 Å². The first-order valence-corrected chi connectivity index (χ1v) is 9.70. The molecular weight excluding hydrogens is 426 g/mol. The quantitative estimate of drug-likeness (QED) is 0.268. The Balaban J connectivity index is 0.00000245. The Labute approximate surface area is 190 Å². The predicted molar refractivity (Wildman–Crippen MR) is 125 cm³/mol. The van der Waals surface area contributed by atoms with E-state index in [1.807, 2.05) is 72.9 Å². The molecule has 0 unspecified atom stereocenters. The molecule has 2 heterocycles. The molecule has 0 aliphatic rings. The second-order valence-corrected chi connectivity index (χ2v) is 7.03. The van der Waals surface area contributed by atoms with Crippen molar-refractivity contribution < 1.29 is 4.74 Å². The van der Waals surface area contributed by atoms with Crippen molar-refractivity contribution in [3.05, 3.63) is 90.3 Å². The number of hydrogen-bond donors (Lipinski definition) is 3. The number of nitrogen functional groups attached to an aromatic ring is 1. The molecule has 2 aromatic heterocycles. The van der Waals surface area contributed by atoms with E-state index < -0.39 is 0 Å². The minimum atomic E-state index is 0. The van der Waals surface area contributed by atoms with E-state index >= 15 is 0 Å². The number of nitrogens with zero attached hydrogens (tertiary/aromatic N) is 4. The third-order valence-electron chi connectivity index (χ3n) is 4.87. The van der Waals surface area contributed by atoms with Crippen molar-refractivity contribution in [2.45, 2.75) is 6.61 Å². The molecule has 9 heteroatoms. The number of para-hydroxylation sites is 1. The first-order valence-electron chi connectivity index (χ1n) is 9.70. The highest BCUT2D eigenvalue weighted by Gasteiger charge is 2.08. The highest BCUT2D eigenvalue weighted by molar-refractivity contribution is 5.98. The van der Waals surface area contributed by atoms with Crippen LogP contribution >= 0.6 is 12.4 Å². The minimum Gasteiger partial charge on any atom is -0.487 e. The van der Waals surface area contributed by atoms with Gasteiger partial charge in [-0.3, -0.25) is 5.41 Å². The van der Waals surface area contributed by atoms with Gasteiger partial charge in [-0.1, -0.05) is 23.4 Å². The zero-order chi connectivity index (χ0) is 21.2. The lowest BCUT2D eigenvalue weighted by molar-refractivity contribution is 0.301. The van der Waals surface area contributed by atoms with Crippen molar-refractivity contribution in [3.63, 3.8) is 0 Å². The van der Waals surface area contributed by atoms with Gasteiger partial charge in [0, 0.05) is 11.1 Å². The van der Waals surface area contributed by atoms with Crippen molar-refractivity contribution >= 4 is 29.3 Å². The number of amidine groups is 1. The van der Waals surface area contributed by atoms with Crippen LogP contribution in [0.5, 0.6) is 5.75 Å². The van der Waals surface area contributed by atoms with Gasteiger partial charge in [-0.25, -0.2) is 9.67 Å². The average molecular weight is 446 g/mol. The molecule has 0 fully saturated rings. The van der Waals surface area contributed by atoms with Gasteiger partial charge in [-0.15, -0.1) is 17.5 Å². The van der Waals surface area contributed by atoms with Crippen LogP contribution in [0, 0.1) is 5.41 Å². The van der Waals surface area contributed by atoms with Crippen LogP contribution in [-0.4, -0.2) is 30.8 Å². The highest BCUT2D eigenvalue weighted by Crippen LogP contribution is 2.24. The Kier molecular flexibility index (Phi) is 5.87. The molecule has 160 valence electrons. The fourth-order valence-electron chi connectivity index (χ4n) is 3.25. The topological polar surface area (TPSA) is 118 Å². The SMILES string of the molecule is Cl.N=C(N)c1ccc2nc(-c3ccc(OCc4cn(-c5ccccc5)nn4)cc3)[nH]c2c1. The second-order valence-electron chi connectivity index (χ2n) is 7.03. The Hall–Kier alpha value is -4.17. The zero-order valence-corrected chi connectivity index (χ0v) is 17.7. The van der Waals surface area contributed by atoms with E-state index in [9.17, 15) is 0 Å². The number of aromatic nitrogens is 5. The Morgan fingerprint density at radius 3 is 2.56 bits per heavy atom. The Bertz CT molecular complexity index is 1360. The number of imidazole rings is 1. The van der Waals surface area contributed by atoms with Crippen molar-refractivity contribution in [1.29, 1.82) is 5.41 Å². The zero-order valence-electron chi connectivity index (χ0n) is 16.9. The smallest absolute Gasteiger partial charge is 0.138 e. The lowest BCUT2D eigenvalue weighted by Gasteiger charge is -2.04. The molecule has 0 aliphatic carbocycles. The average Bonchev–Trinajstić information content (AvgIpc) is 3.45. The lowest BCUT2D eigenvalue weighted by Crippen LogP contribution is -2.10. The fourth-order valence-corrected chi connectivity index (χ4v) is 3.25. The van der Waals surface area contributed by atoms with Crippen LogP contribution in [0.25, 0.3) is 28.1 Å². The Morgan fingerprint density at radius 1 is 1.03 bits per heavy atom. The molecule has 4 N–H and O–H groups in total. The molecule has 0 spiro atoms. The van der Waals surface area contributed by atoms with Crippen molar-refractivity contribution in [2.24, 2.45) is 5.73 Å². The third kappa shape index (κ3) is 4.30. The molecule has 0 aliphatic heterocycles. The summed E-state index contributed by atoms with van der Waals surface area (Å²) < 4.78 is 7.57. The van der Waals surface area contributed by atoms with E-state index in [-0.39, 0.29) is 18.2 Å². The van der Waals surface area contributed by atoms with Crippen molar-refractivity contribution in [1.82, 2.24) is 25.0 Å². The maximum Gasteiger partial charge on any atom is 0.138 e. The number of benzene rings is 3.